The van der Waals surface area contributed by atoms with Crippen molar-refractivity contribution in [2.24, 2.45) is 0 Å². The second kappa shape index (κ2) is 8.72. The molecule has 0 aromatic rings. The van der Waals surface area contributed by atoms with E-state index >= 15 is 0 Å². The second-order valence-electron chi connectivity index (χ2n) is 3.73. The zero-order chi connectivity index (χ0) is 10.8. The zero-order valence-electron chi connectivity index (χ0n) is 9.72. The van der Waals surface area contributed by atoms with Crippen LogP contribution in [0.2, 0.25) is 0 Å². The Balaban J connectivity index is 1.85. The third-order valence-corrected chi connectivity index (χ3v) is 2.54. The van der Waals surface area contributed by atoms with Crippen molar-refractivity contribution in [3.8, 4) is 11.8 Å². The fourth-order valence-corrected chi connectivity index (χ4v) is 1.65. The first-order valence-electron chi connectivity index (χ1n) is 5.84. The molecule has 0 spiro atoms. The highest BCUT2D eigenvalue weighted by Crippen LogP contribution is 1.97. The van der Waals surface area contributed by atoms with E-state index in [-0.39, 0.29) is 0 Å². The van der Waals surface area contributed by atoms with Gasteiger partial charge in [-0.3, -0.25) is 4.90 Å². The first-order valence-corrected chi connectivity index (χ1v) is 5.84. The molecule has 3 nitrogen and oxygen atoms in total. The Morgan fingerprint density at radius 2 is 2.07 bits per heavy atom. The van der Waals surface area contributed by atoms with Crippen LogP contribution in [-0.2, 0) is 4.74 Å². The molecule has 0 aromatic carbocycles. The molecule has 1 aliphatic heterocycles. The summed E-state index contributed by atoms with van der Waals surface area (Å²) in [6.45, 7) is 9.20. The molecule has 0 atom stereocenters. The van der Waals surface area contributed by atoms with Crippen molar-refractivity contribution in [2.75, 3.05) is 45.9 Å². The number of morpholine rings is 1. The van der Waals surface area contributed by atoms with Crippen LogP contribution in [0.3, 0.4) is 0 Å². The Morgan fingerprint density at radius 3 is 2.80 bits per heavy atom. The molecule has 1 rings (SSSR count). The highest BCUT2D eigenvalue weighted by atomic mass is 16.5. The van der Waals surface area contributed by atoms with Gasteiger partial charge in [-0.15, -0.1) is 11.8 Å². The lowest BCUT2D eigenvalue weighted by molar-refractivity contribution is 0.0375. The largest absolute Gasteiger partial charge is 0.379 e. The first kappa shape index (κ1) is 12.5. The maximum Gasteiger partial charge on any atom is 0.0594 e. The molecule has 1 saturated heterocycles. The van der Waals surface area contributed by atoms with Crippen molar-refractivity contribution < 1.29 is 4.74 Å². The molecule has 0 amide bonds. The van der Waals surface area contributed by atoms with Crippen molar-refractivity contribution in [3.63, 3.8) is 0 Å². The highest BCUT2D eigenvalue weighted by Gasteiger charge is 2.08. The smallest absolute Gasteiger partial charge is 0.0594 e. The molecule has 1 heterocycles. The van der Waals surface area contributed by atoms with Crippen LogP contribution in [-0.4, -0.2) is 50.8 Å². The van der Waals surface area contributed by atoms with Gasteiger partial charge in [0.25, 0.3) is 0 Å². The van der Waals surface area contributed by atoms with E-state index in [0.717, 1.165) is 45.8 Å². The van der Waals surface area contributed by atoms with Crippen LogP contribution < -0.4 is 5.32 Å². The third kappa shape index (κ3) is 6.51. The van der Waals surface area contributed by atoms with E-state index in [2.05, 4.69) is 22.1 Å². The van der Waals surface area contributed by atoms with Gasteiger partial charge in [-0.25, -0.2) is 0 Å². The average Bonchev–Trinajstić information content (AvgIpc) is 2.29. The summed E-state index contributed by atoms with van der Waals surface area (Å²) in [5, 5.41) is 3.40. The SMILES string of the molecule is CC#CCCNCCCN1CCOCC1. The van der Waals surface area contributed by atoms with E-state index in [9.17, 15) is 0 Å². The van der Waals surface area contributed by atoms with Crippen LogP contribution in [0.15, 0.2) is 0 Å². The number of hydrogen-bond acceptors (Lipinski definition) is 3. The predicted molar refractivity (Wildman–Crippen MR) is 62.8 cm³/mol. The van der Waals surface area contributed by atoms with Gasteiger partial charge in [-0.05, 0) is 26.4 Å². The maximum absolute atomic E-state index is 5.30. The van der Waals surface area contributed by atoms with Crippen LogP contribution in [0.5, 0.6) is 0 Å². The van der Waals surface area contributed by atoms with Gasteiger partial charge in [-0.2, -0.15) is 0 Å². The summed E-state index contributed by atoms with van der Waals surface area (Å²) < 4.78 is 5.30. The van der Waals surface area contributed by atoms with Gasteiger partial charge >= 0.3 is 0 Å². The van der Waals surface area contributed by atoms with Gasteiger partial charge < -0.3 is 10.1 Å². The molecule has 1 fully saturated rings. The lowest BCUT2D eigenvalue weighted by Crippen LogP contribution is -2.37. The van der Waals surface area contributed by atoms with Crippen LogP contribution in [0.25, 0.3) is 0 Å². The minimum Gasteiger partial charge on any atom is -0.379 e. The zero-order valence-corrected chi connectivity index (χ0v) is 9.72. The number of nitrogens with one attached hydrogen (secondary N) is 1. The summed E-state index contributed by atoms with van der Waals surface area (Å²) in [5.41, 5.74) is 0. The van der Waals surface area contributed by atoms with Gasteiger partial charge in [0.1, 0.15) is 0 Å². The van der Waals surface area contributed by atoms with Crippen LogP contribution >= 0.6 is 0 Å². The standard InChI is InChI=1S/C12H22N2O/c1-2-3-4-6-13-7-5-8-14-9-11-15-12-10-14/h13H,4-12H2,1H3. The minimum absolute atomic E-state index is 0.902. The molecule has 0 bridgehead atoms. The summed E-state index contributed by atoms with van der Waals surface area (Å²) in [7, 11) is 0. The maximum atomic E-state index is 5.30. The Bertz CT molecular complexity index is 201. The van der Waals surface area contributed by atoms with E-state index < -0.39 is 0 Å². The fraction of sp³-hybridized carbons (Fsp3) is 0.833. The molecule has 0 radical (unpaired) electrons. The first-order chi connectivity index (χ1) is 7.43. The Morgan fingerprint density at radius 1 is 1.27 bits per heavy atom. The normalized spacial score (nSPS) is 17.1. The fourth-order valence-electron chi connectivity index (χ4n) is 1.65. The van der Waals surface area contributed by atoms with E-state index in [1.54, 1.807) is 0 Å². The molecule has 3 heteroatoms. The van der Waals surface area contributed by atoms with Crippen LogP contribution in [0.4, 0.5) is 0 Å². The van der Waals surface area contributed by atoms with E-state index in [4.69, 9.17) is 4.74 Å². The molecule has 1 aliphatic rings. The monoisotopic (exact) mass is 210 g/mol. The predicted octanol–water partition coefficient (Wildman–Crippen LogP) is 0.712. The van der Waals surface area contributed by atoms with Crippen molar-refractivity contribution in [2.45, 2.75) is 19.8 Å². The quantitative estimate of drug-likeness (QED) is 0.516. The van der Waals surface area contributed by atoms with E-state index in [1.807, 2.05) is 6.92 Å². The Kier molecular flexibility index (Phi) is 7.28. The van der Waals surface area contributed by atoms with Crippen LogP contribution in [0, 0.1) is 11.8 Å². The van der Waals surface area contributed by atoms with Gasteiger partial charge in [0.05, 0.1) is 13.2 Å². The van der Waals surface area contributed by atoms with Crippen molar-refractivity contribution in [3.05, 3.63) is 0 Å². The molecule has 15 heavy (non-hydrogen) atoms. The molecule has 1 N–H and O–H groups in total. The molecule has 86 valence electrons. The average molecular weight is 210 g/mol. The number of rotatable bonds is 6. The van der Waals surface area contributed by atoms with Gasteiger partial charge in [0, 0.05) is 26.1 Å². The number of hydrogen-bond donors (Lipinski definition) is 1. The molecule has 0 saturated carbocycles. The third-order valence-electron chi connectivity index (χ3n) is 2.54. The Labute approximate surface area is 93.2 Å². The van der Waals surface area contributed by atoms with Gasteiger partial charge in [0.2, 0.25) is 0 Å². The summed E-state index contributed by atoms with van der Waals surface area (Å²) in [6.07, 6.45) is 2.19. The van der Waals surface area contributed by atoms with Crippen molar-refractivity contribution in [1.29, 1.82) is 0 Å². The Hall–Kier alpha value is -0.560. The van der Waals surface area contributed by atoms with E-state index in [0.29, 0.717) is 0 Å². The minimum atomic E-state index is 0.902. The topological polar surface area (TPSA) is 24.5 Å². The molecular formula is C12H22N2O. The van der Waals surface area contributed by atoms with Gasteiger partial charge in [-0.1, -0.05) is 0 Å². The molecule has 0 aliphatic carbocycles. The summed E-state index contributed by atoms with van der Waals surface area (Å²) in [4.78, 5) is 2.47. The summed E-state index contributed by atoms with van der Waals surface area (Å²) >= 11 is 0. The second-order valence-corrected chi connectivity index (χ2v) is 3.73. The van der Waals surface area contributed by atoms with E-state index in [1.165, 1.54) is 13.0 Å². The summed E-state index contributed by atoms with van der Waals surface area (Å²) in [5.74, 6) is 5.95. The lowest BCUT2D eigenvalue weighted by atomic mass is 10.3. The summed E-state index contributed by atoms with van der Waals surface area (Å²) in [6, 6.07) is 0. The lowest BCUT2D eigenvalue weighted by Gasteiger charge is -2.26. The highest BCUT2D eigenvalue weighted by molar-refractivity contribution is 4.95. The number of ether oxygens (including phenoxy) is 1. The van der Waals surface area contributed by atoms with Crippen molar-refractivity contribution in [1.82, 2.24) is 10.2 Å². The van der Waals surface area contributed by atoms with Gasteiger partial charge in [0.15, 0.2) is 0 Å². The molecule has 0 unspecified atom stereocenters. The molecular weight excluding hydrogens is 188 g/mol. The number of nitrogens with zero attached hydrogens (tertiary/aromatic N) is 1. The van der Waals surface area contributed by atoms with Crippen LogP contribution in [0.1, 0.15) is 19.8 Å². The van der Waals surface area contributed by atoms with Crippen molar-refractivity contribution >= 4 is 0 Å². The molecule has 0 aromatic heterocycles.